The van der Waals surface area contributed by atoms with Crippen molar-refractivity contribution in [2.75, 3.05) is 13.7 Å². The van der Waals surface area contributed by atoms with Crippen LogP contribution in [0.15, 0.2) is 0 Å². The fourth-order valence-electron chi connectivity index (χ4n) is 0.217. The minimum absolute atomic E-state index is 0.275. The van der Waals surface area contributed by atoms with E-state index in [1.54, 1.807) is 0 Å². The van der Waals surface area contributed by atoms with Gasteiger partial charge in [-0.3, -0.25) is 8.37 Å². The van der Waals surface area contributed by atoms with E-state index in [4.69, 9.17) is 6.42 Å². The summed E-state index contributed by atoms with van der Waals surface area (Å²) in [6.07, 6.45) is 5.34. The first kappa shape index (κ1) is 8.63. The molecule has 9 heavy (non-hydrogen) atoms. The van der Waals surface area contributed by atoms with Crippen LogP contribution >= 0.6 is 0 Å². The zero-order valence-electron chi connectivity index (χ0n) is 5.12. The van der Waals surface area contributed by atoms with Crippen molar-refractivity contribution in [1.29, 1.82) is 0 Å². The Hall–Kier alpha value is -0.370. The minimum Gasteiger partial charge on any atom is -0.272 e. The van der Waals surface area contributed by atoms with Crippen LogP contribution in [0, 0.1) is 12.3 Å². The average Bonchev–Trinajstić information content (AvgIpc) is 1.89. The lowest BCUT2D eigenvalue weighted by Gasteiger charge is -1.94. The van der Waals surface area contributed by atoms with E-state index in [1.807, 2.05) is 0 Å². The van der Waals surface area contributed by atoms with Gasteiger partial charge in [-0.2, -0.15) is 4.21 Å². The number of rotatable bonds is 4. The molecule has 0 aromatic carbocycles. The molecule has 52 valence electrons. The van der Waals surface area contributed by atoms with Crippen molar-refractivity contribution >= 4 is 11.4 Å². The Bertz CT molecular complexity index is 127. The van der Waals surface area contributed by atoms with Crippen LogP contribution in [0.4, 0.5) is 0 Å². The van der Waals surface area contributed by atoms with Crippen molar-refractivity contribution in [2.45, 2.75) is 6.42 Å². The smallest absolute Gasteiger partial charge is 0.272 e. The van der Waals surface area contributed by atoms with Crippen molar-refractivity contribution in [3.8, 4) is 12.3 Å². The number of hydrogen-bond donors (Lipinski definition) is 0. The molecule has 1 atom stereocenters. The topological polar surface area (TPSA) is 35.5 Å². The third-order valence-electron chi connectivity index (χ3n) is 0.562. The van der Waals surface area contributed by atoms with Gasteiger partial charge in [-0.05, 0) is 0 Å². The molecule has 0 aliphatic heterocycles. The molecule has 0 fully saturated rings. The van der Waals surface area contributed by atoms with Crippen molar-refractivity contribution in [1.82, 2.24) is 0 Å². The zero-order valence-corrected chi connectivity index (χ0v) is 5.94. The van der Waals surface area contributed by atoms with Crippen molar-refractivity contribution in [3.63, 3.8) is 0 Å². The zero-order chi connectivity index (χ0) is 7.11. The predicted octanol–water partition coefficient (Wildman–Crippen LogP) is 0.251. The van der Waals surface area contributed by atoms with Gasteiger partial charge in [0.15, 0.2) is 0 Å². The summed E-state index contributed by atoms with van der Waals surface area (Å²) < 4.78 is 19.1. The van der Waals surface area contributed by atoms with E-state index >= 15 is 0 Å². The third kappa shape index (κ3) is 5.50. The van der Waals surface area contributed by atoms with Crippen LogP contribution in [-0.4, -0.2) is 17.9 Å². The van der Waals surface area contributed by atoms with Gasteiger partial charge in [-0.25, -0.2) is 0 Å². The lowest BCUT2D eigenvalue weighted by atomic mass is 10.5. The average molecular weight is 148 g/mol. The molecule has 0 saturated carbocycles. The number of terminal acetylenes is 1. The van der Waals surface area contributed by atoms with E-state index in [0.717, 1.165) is 0 Å². The van der Waals surface area contributed by atoms with Crippen LogP contribution in [0.3, 0.4) is 0 Å². The lowest BCUT2D eigenvalue weighted by Crippen LogP contribution is -1.99. The molecule has 3 nitrogen and oxygen atoms in total. The van der Waals surface area contributed by atoms with Crippen LogP contribution in [0.2, 0.25) is 0 Å². The molecule has 0 bridgehead atoms. The fourth-order valence-corrected chi connectivity index (χ4v) is 0.532. The molecule has 0 aromatic heterocycles. The van der Waals surface area contributed by atoms with Gasteiger partial charge in [0.2, 0.25) is 0 Å². The summed E-state index contributed by atoms with van der Waals surface area (Å²) in [4.78, 5) is 0. The molecule has 0 heterocycles. The van der Waals surface area contributed by atoms with Gasteiger partial charge in [-0.15, -0.1) is 12.3 Å². The molecule has 0 saturated heterocycles. The molecule has 0 rings (SSSR count). The van der Waals surface area contributed by atoms with E-state index < -0.39 is 11.4 Å². The van der Waals surface area contributed by atoms with Crippen LogP contribution in [-0.2, 0) is 19.7 Å². The predicted molar refractivity (Wildman–Crippen MR) is 34.6 cm³/mol. The third-order valence-corrected chi connectivity index (χ3v) is 1.19. The Balaban J connectivity index is 3.09. The fraction of sp³-hybridized carbons (Fsp3) is 0.600. The first-order valence-electron chi connectivity index (χ1n) is 2.34. The SMILES string of the molecule is C#CCCOS(=O)OC. The first-order valence-corrected chi connectivity index (χ1v) is 3.34. The van der Waals surface area contributed by atoms with Gasteiger partial charge in [0.1, 0.15) is 0 Å². The van der Waals surface area contributed by atoms with E-state index in [2.05, 4.69) is 14.3 Å². The van der Waals surface area contributed by atoms with Crippen LogP contribution in [0.1, 0.15) is 6.42 Å². The van der Waals surface area contributed by atoms with E-state index in [0.29, 0.717) is 6.42 Å². The van der Waals surface area contributed by atoms with Crippen molar-refractivity contribution in [2.24, 2.45) is 0 Å². The van der Waals surface area contributed by atoms with Crippen LogP contribution < -0.4 is 0 Å². The normalized spacial score (nSPS) is 12.4. The Kier molecular flexibility index (Phi) is 5.52. The van der Waals surface area contributed by atoms with Gasteiger partial charge in [-0.1, -0.05) is 0 Å². The van der Waals surface area contributed by atoms with Crippen LogP contribution in [0.5, 0.6) is 0 Å². The molecule has 0 aliphatic rings. The molecular formula is C5H8O3S. The summed E-state index contributed by atoms with van der Waals surface area (Å²) in [7, 11) is 1.30. The molecule has 0 aromatic rings. The first-order chi connectivity index (χ1) is 4.31. The second kappa shape index (κ2) is 5.76. The molecule has 0 radical (unpaired) electrons. The van der Waals surface area contributed by atoms with Gasteiger partial charge < -0.3 is 0 Å². The molecule has 0 N–H and O–H groups in total. The summed E-state index contributed by atoms with van der Waals surface area (Å²) in [6, 6.07) is 0. The van der Waals surface area contributed by atoms with Crippen molar-refractivity contribution < 1.29 is 12.6 Å². The monoisotopic (exact) mass is 148 g/mol. The second-order valence-corrected chi connectivity index (χ2v) is 2.12. The summed E-state index contributed by atoms with van der Waals surface area (Å²) in [6.45, 7) is 0.275. The minimum atomic E-state index is -1.62. The van der Waals surface area contributed by atoms with E-state index in [1.165, 1.54) is 7.11 Å². The Morgan fingerprint density at radius 1 is 1.78 bits per heavy atom. The maximum atomic E-state index is 10.3. The Morgan fingerprint density at radius 2 is 2.44 bits per heavy atom. The summed E-state index contributed by atoms with van der Waals surface area (Å²) in [5.74, 6) is 2.33. The number of hydrogen-bond acceptors (Lipinski definition) is 3. The van der Waals surface area contributed by atoms with E-state index in [9.17, 15) is 4.21 Å². The molecule has 4 heteroatoms. The maximum absolute atomic E-state index is 10.3. The van der Waals surface area contributed by atoms with E-state index in [-0.39, 0.29) is 6.61 Å². The Morgan fingerprint density at radius 3 is 2.89 bits per heavy atom. The standard InChI is InChI=1S/C5H8O3S/c1-3-4-5-8-9(6)7-2/h1H,4-5H2,2H3. The quantitative estimate of drug-likeness (QED) is 0.423. The highest BCUT2D eigenvalue weighted by Crippen LogP contribution is 1.86. The molecule has 0 spiro atoms. The summed E-state index contributed by atoms with van der Waals surface area (Å²) in [5, 5.41) is 0. The summed E-state index contributed by atoms with van der Waals surface area (Å²) >= 11 is -1.62. The molecule has 0 amide bonds. The molecule has 0 aliphatic carbocycles. The van der Waals surface area contributed by atoms with Gasteiger partial charge in [0, 0.05) is 6.42 Å². The lowest BCUT2D eigenvalue weighted by molar-refractivity contribution is 0.288. The summed E-state index contributed by atoms with van der Waals surface area (Å²) in [5.41, 5.74) is 0. The van der Waals surface area contributed by atoms with Gasteiger partial charge in [0.05, 0.1) is 13.7 Å². The van der Waals surface area contributed by atoms with Crippen molar-refractivity contribution in [3.05, 3.63) is 0 Å². The highest BCUT2D eigenvalue weighted by atomic mass is 32.2. The maximum Gasteiger partial charge on any atom is 0.304 e. The van der Waals surface area contributed by atoms with Crippen LogP contribution in [0.25, 0.3) is 0 Å². The Labute approximate surface area is 57.2 Å². The molecular weight excluding hydrogens is 140 g/mol. The highest BCUT2D eigenvalue weighted by molar-refractivity contribution is 7.75. The highest BCUT2D eigenvalue weighted by Gasteiger charge is 1.93. The largest absolute Gasteiger partial charge is 0.304 e. The van der Waals surface area contributed by atoms with Gasteiger partial charge >= 0.3 is 11.4 Å². The second-order valence-electron chi connectivity index (χ2n) is 1.15. The van der Waals surface area contributed by atoms with Gasteiger partial charge in [0.25, 0.3) is 0 Å². The molecule has 1 unspecified atom stereocenters.